The van der Waals surface area contributed by atoms with Gasteiger partial charge in [0.2, 0.25) is 0 Å². The Balaban J connectivity index is 2.08. The molecule has 0 saturated heterocycles. The molecule has 20 heavy (non-hydrogen) atoms. The van der Waals surface area contributed by atoms with Crippen molar-refractivity contribution in [2.45, 2.75) is 13.5 Å². The van der Waals surface area contributed by atoms with Crippen molar-refractivity contribution in [3.8, 4) is 5.75 Å². The number of phenols is 1. The lowest BCUT2D eigenvalue weighted by Gasteiger charge is -2.08. The van der Waals surface area contributed by atoms with Gasteiger partial charge in [-0.15, -0.1) is 0 Å². The predicted octanol–water partition coefficient (Wildman–Crippen LogP) is 3.94. The number of phenolic OH excluding ortho intramolecular Hbond substituents is 1. The SMILES string of the molecule is Cc1ccc(O)c(C(=O)NCc2ccc(Cl)c(Cl)c2)c1. The van der Waals surface area contributed by atoms with Gasteiger partial charge in [-0.2, -0.15) is 0 Å². The summed E-state index contributed by atoms with van der Waals surface area (Å²) >= 11 is 11.7. The molecule has 2 N–H and O–H groups in total. The van der Waals surface area contributed by atoms with Crippen LogP contribution in [0.2, 0.25) is 10.0 Å². The zero-order chi connectivity index (χ0) is 14.7. The van der Waals surface area contributed by atoms with Crippen LogP contribution in [0.3, 0.4) is 0 Å². The first kappa shape index (κ1) is 14.7. The van der Waals surface area contributed by atoms with E-state index >= 15 is 0 Å². The molecule has 0 bridgehead atoms. The summed E-state index contributed by atoms with van der Waals surface area (Å²) < 4.78 is 0. The number of carbonyl (C=O) groups excluding carboxylic acids is 1. The van der Waals surface area contributed by atoms with Crippen LogP contribution in [0.15, 0.2) is 36.4 Å². The maximum atomic E-state index is 12.0. The van der Waals surface area contributed by atoms with E-state index in [-0.39, 0.29) is 17.2 Å². The third-order valence-corrected chi connectivity index (χ3v) is 3.57. The number of hydrogen-bond acceptors (Lipinski definition) is 2. The molecule has 0 radical (unpaired) electrons. The van der Waals surface area contributed by atoms with Gasteiger partial charge in [0.05, 0.1) is 15.6 Å². The lowest BCUT2D eigenvalue weighted by molar-refractivity contribution is 0.0948. The summed E-state index contributed by atoms with van der Waals surface area (Å²) in [6, 6.07) is 10.0. The Morgan fingerprint density at radius 1 is 1.15 bits per heavy atom. The van der Waals surface area contributed by atoms with Crippen LogP contribution in [-0.4, -0.2) is 11.0 Å². The molecular weight excluding hydrogens is 297 g/mol. The molecule has 0 saturated carbocycles. The second kappa shape index (κ2) is 6.16. The molecule has 3 nitrogen and oxygen atoms in total. The van der Waals surface area contributed by atoms with Crippen molar-refractivity contribution in [3.63, 3.8) is 0 Å². The number of nitrogens with one attached hydrogen (secondary N) is 1. The number of halogens is 2. The smallest absolute Gasteiger partial charge is 0.255 e. The van der Waals surface area contributed by atoms with Crippen molar-refractivity contribution in [2.24, 2.45) is 0 Å². The van der Waals surface area contributed by atoms with E-state index in [2.05, 4.69) is 5.32 Å². The average molecular weight is 310 g/mol. The topological polar surface area (TPSA) is 49.3 Å². The Bertz CT molecular complexity index is 656. The molecular formula is C15H13Cl2NO2. The molecule has 0 atom stereocenters. The highest BCUT2D eigenvalue weighted by Crippen LogP contribution is 2.23. The van der Waals surface area contributed by atoms with Crippen LogP contribution in [0.4, 0.5) is 0 Å². The number of carbonyl (C=O) groups is 1. The molecule has 0 aliphatic carbocycles. The quantitative estimate of drug-likeness (QED) is 0.902. The van der Waals surface area contributed by atoms with Crippen LogP contribution in [0.5, 0.6) is 5.75 Å². The van der Waals surface area contributed by atoms with E-state index in [0.717, 1.165) is 11.1 Å². The van der Waals surface area contributed by atoms with Gasteiger partial charge in [-0.05, 0) is 36.8 Å². The summed E-state index contributed by atoms with van der Waals surface area (Å²) in [6.07, 6.45) is 0. The van der Waals surface area contributed by atoms with Crippen LogP contribution < -0.4 is 5.32 Å². The second-order valence-electron chi connectivity index (χ2n) is 4.45. The van der Waals surface area contributed by atoms with E-state index in [4.69, 9.17) is 23.2 Å². The molecule has 2 aromatic rings. The van der Waals surface area contributed by atoms with Gasteiger partial charge >= 0.3 is 0 Å². The molecule has 0 aromatic heterocycles. The third kappa shape index (κ3) is 3.44. The van der Waals surface area contributed by atoms with Crippen molar-refractivity contribution >= 4 is 29.1 Å². The molecule has 0 spiro atoms. The van der Waals surface area contributed by atoms with Gasteiger partial charge in [0, 0.05) is 6.54 Å². The van der Waals surface area contributed by atoms with Crippen molar-refractivity contribution in [1.29, 1.82) is 0 Å². The van der Waals surface area contributed by atoms with Gasteiger partial charge in [0.25, 0.3) is 5.91 Å². The van der Waals surface area contributed by atoms with Gasteiger partial charge in [0.1, 0.15) is 5.75 Å². The van der Waals surface area contributed by atoms with Gasteiger partial charge in [-0.25, -0.2) is 0 Å². The normalized spacial score (nSPS) is 10.3. The summed E-state index contributed by atoms with van der Waals surface area (Å²) in [5.41, 5.74) is 1.99. The number of aryl methyl sites for hydroxylation is 1. The molecule has 0 aliphatic rings. The van der Waals surface area contributed by atoms with Crippen molar-refractivity contribution in [3.05, 3.63) is 63.1 Å². The third-order valence-electron chi connectivity index (χ3n) is 2.83. The van der Waals surface area contributed by atoms with E-state index in [9.17, 15) is 9.90 Å². The molecule has 1 amide bonds. The summed E-state index contributed by atoms with van der Waals surface area (Å²) in [5.74, 6) is -0.375. The first-order valence-electron chi connectivity index (χ1n) is 5.99. The number of rotatable bonds is 3. The van der Waals surface area contributed by atoms with Crippen molar-refractivity contribution in [1.82, 2.24) is 5.32 Å². The summed E-state index contributed by atoms with van der Waals surface area (Å²) in [4.78, 5) is 12.0. The second-order valence-corrected chi connectivity index (χ2v) is 5.27. The van der Waals surface area contributed by atoms with Crippen LogP contribution in [0.25, 0.3) is 0 Å². The zero-order valence-corrected chi connectivity index (χ0v) is 12.3. The lowest BCUT2D eigenvalue weighted by Crippen LogP contribution is -2.23. The Morgan fingerprint density at radius 3 is 2.60 bits per heavy atom. The van der Waals surface area contributed by atoms with Crippen molar-refractivity contribution < 1.29 is 9.90 Å². The van der Waals surface area contributed by atoms with E-state index in [1.54, 1.807) is 30.3 Å². The predicted molar refractivity (Wildman–Crippen MR) is 80.5 cm³/mol. The minimum atomic E-state index is -0.336. The van der Waals surface area contributed by atoms with Crippen LogP contribution in [0, 0.1) is 6.92 Å². The maximum Gasteiger partial charge on any atom is 0.255 e. The molecule has 5 heteroatoms. The average Bonchev–Trinajstić information content (AvgIpc) is 2.42. The molecule has 0 aliphatic heterocycles. The summed E-state index contributed by atoms with van der Waals surface area (Å²) in [7, 11) is 0. The van der Waals surface area contributed by atoms with E-state index < -0.39 is 0 Å². The zero-order valence-electron chi connectivity index (χ0n) is 10.8. The molecule has 104 valence electrons. The Morgan fingerprint density at radius 2 is 1.90 bits per heavy atom. The number of benzene rings is 2. The molecule has 0 fully saturated rings. The van der Waals surface area contributed by atoms with Crippen LogP contribution in [-0.2, 0) is 6.54 Å². The number of hydrogen-bond donors (Lipinski definition) is 2. The van der Waals surface area contributed by atoms with Gasteiger partial charge in [0.15, 0.2) is 0 Å². The first-order chi connectivity index (χ1) is 9.47. The summed E-state index contributed by atoms with van der Waals surface area (Å²) in [5, 5.41) is 13.3. The largest absolute Gasteiger partial charge is 0.507 e. The minimum Gasteiger partial charge on any atom is -0.507 e. The van der Waals surface area contributed by atoms with E-state index in [1.165, 1.54) is 6.07 Å². The fourth-order valence-electron chi connectivity index (χ4n) is 1.76. The molecule has 2 rings (SSSR count). The molecule has 0 heterocycles. The maximum absolute atomic E-state index is 12.0. The Kier molecular flexibility index (Phi) is 4.53. The van der Waals surface area contributed by atoms with Gasteiger partial charge < -0.3 is 10.4 Å². The highest BCUT2D eigenvalue weighted by atomic mass is 35.5. The minimum absolute atomic E-state index is 0.0396. The molecule has 2 aromatic carbocycles. The Hall–Kier alpha value is -1.71. The monoisotopic (exact) mass is 309 g/mol. The fourth-order valence-corrected chi connectivity index (χ4v) is 2.08. The lowest BCUT2D eigenvalue weighted by atomic mass is 10.1. The van der Waals surface area contributed by atoms with E-state index in [0.29, 0.717) is 16.6 Å². The number of aromatic hydroxyl groups is 1. The highest BCUT2D eigenvalue weighted by molar-refractivity contribution is 6.42. The standard InChI is InChI=1S/C15H13Cl2NO2/c1-9-2-5-14(19)11(6-9)15(20)18-8-10-3-4-12(16)13(17)7-10/h2-7,19H,8H2,1H3,(H,18,20). The summed E-state index contributed by atoms with van der Waals surface area (Å²) in [6.45, 7) is 2.16. The molecule has 0 unspecified atom stereocenters. The number of amides is 1. The van der Waals surface area contributed by atoms with Gasteiger partial charge in [-0.3, -0.25) is 4.79 Å². The Labute approximate surface area is 127 Å². The van der Waals surface area contributed by atoms with E-state index in [1.807, 2.05) is 6.92 Å². The fraction of sp³-hybridized carbons (Fsp3) is 0.133. The van der Waals surface area contributed by atoms with Gasteiger partial charge in [-0.1, -0.05) is 40.9 Å². The van der Waals surface area contributed by atoms with Crippen LogP contribution >= 0.6 is 23.2 Å². The first-order valence-corrected chi connectivity index (χ1v) is 6.74. The van der Waals surface area contributed by atoms with Crippen molar-refractivity contribution in [2.75, 3.05) is 0 Å². The highest BCUT2D eigenvalue weighted by Gasteiger charge is 2.11. The van der Waals surface area contributed by atoms with Crippen LogP contribution in [0.1, 0.15) is 21.5 Å².